The van der Waals surface area contributed by atoms with Crippen molar-refractivity contribution in [3.63, 3.8) is 0 Å². The molecule has 1 aliphatic rings. The molecule has 0 saturated heterocycles. The molecule has 0 fully saturated rings. The van der Waals surface area contributed by atoms with E-state index < -0.39 is 0 Å². The fourth-order valence-electron chi connectivity index (χ4n) is 2.78. The molecule has 1 atom stereocenters. The van der Waals surface area contributed by atoms with Crippen molar-refractivity contribution in [2.45, 2.75) is 49.8 Å². The SMILES string of the molecule is C#Cc1ccc2c(c1)C(C)(C)CC([SeH])C2(C)C. The minimum atomic E-state index is 0.218. The van der Waals surface area contributed by atoms with Crippen molar-refractivity contribution in [3.8, 4) is 12.3 Å². The van der Waals surface area contributed by atoms with Crippen molar-refractivity contribution in [2.75, 3.05) is 0 Å². The molecule has 1 aromatic carbocycles. The van der Waals surface area contributed by atoms with E-state index >= 15 is 0 Å². The van der Waals surface area contributed by atoms with Crippen molar-refractivity contribution in [3.05, 3.63) is 34.9 Å². The summed E-state index contributed by atoms with van der Waals surface area (Å²) in [5.74, 6) is 2.75. The van der Waals surface area contributed by atoms with Crippen molar-refractivity contribution in [1.82, 2.24) is 0 Å². The van der Waals surface area contributed by atoms with Crippen LogP contribution >= 0.6 is 0 Å². The van der Waals surface area contributed by atoms with Gasteiger partial charge in [0, 0.05) is 0 Å². The molecular formula is C16H20Se. The molecule has 0 bridgehead atoms. The van der Waals surface area contributed by atoms with E-state index in [1.165, 1.54) is 17.5 Å². The van der Waals surface area contributed by atoms with Gasteiger partial charge in [0.05, 0.1) is 0 Å². The van der Waals surface area contributed by atoms with E-state index in [1.807, 2.05) is 0 Å². The van der Waals surface area contributed by atoms with Gasteiger partial charge in [-0.05, 0) is 0 Å². The predicted octanol–water partition coefficient (Wildman–Crippen LogP) is 3.32. The summed E-state index contributed by atoms with van der Waals surface area (Å²) in [6.45, 7) is 9.31. The molecule has 0 N–H and O–H groups in total. The number of fused-ring (bicyclic) bond motifs is 1. The number of terminal acetylenes is 1. The first kappa shape index (κ1) is 12.7. The zero-order chi connectivity index (χ0) is 12.8. The normalized spacial score (nSPS) is 24.8. The maximum absolute atomic E-state index is 5.51. The third-order valence-corrected chi connectivity index (χ3v) is 5.88. The van der Waals surface area contributed by atoms with E-state index in [-0.39, 0.29) is 10.8 Å². The van der Waals surface area contributed by atoms with E-state index in [0.29, 0.717) is 4.82 Å². The van der Waals surface area contributed by atoms with Gasteiger partial charge in [-0.1, -0.05) is 0 Å². The first-order valence-corrected chi connectivity index (χ1v) is 7.17. The number of hydrogen-bond donors (Lipinski definition) is 0. The average molecular weight is 291 g/mol. The molecule has 0 nitrogen and oxygen atoms in total. The first-order valence-electron chi connectivity index (χ1n) is 6.09. The van der Waals surface area contributed by atoms with Crippen molar-refractivity contribution in [1.29, 1.82) is 0 Å². The number of benzene rings is 1. The van der Waals surface area contributed by atoms with Gasteiger partial charge in [0.1, 0.15) is 0 Å². The molecule has 17 heavy (non-hydrogen) atoms. The third-order valence-electron chi connectivity index (χ3n) is 4.15. The maximum atomic E-state index is 5.51. The van der Waals surface area contributed by atoms with E-state index in [4.69, 9.17) is 6.42 Å². The molecule has 0 spiro atoms. The summed E-state index contributed by atoms with van der Waals surface area (Å²) in [6.07, 6.45) is 6.71. The summed E-state index contributed by atoms with van der Waals surface area (Å²) < 4.78 is 0. The molecule has 1 aromatic rings. The van der Waals surface area contributed by atoms with E-state index in [1.54, 1.807) is 0 Å². The summed E-state index contributed by atoms with van der Waals surface area (Å²) in [5.41, 5.74) is 4.32. The Bertz CT molecular complexity index is 489. The van der Waals surface area contributed by atoms with Crippen molar-refractivity contribution < 1.29 is 0 Å². The minimum absolute atomic E-state index is 0.218. The quantitative estimate of drug-likeness (QED) is 0.508. The van der Waals surface area contributed by atoms with Crippen LogP contribution in [0.1, 0.15) is 50.8 Å². The van der Waals surface area contributed by atoms with Crippen LogP contribution in [-0.2, 0) is 10.8 Å². The van der Waals surface area contributed by atoms with Gasteiger partial charge in [-0.25, -0.2) is 0 Å². The van der Waals surface area contributed by atoms with Gasteiger partial charge in [-0.15, -0.1) is 0 Å². The zero-order valence-electron chi connectivity index (χ0n) is 11.0. The average Bonchev–Trinajstić information content (AvgIpc) is 2.26. The summed E-state index contributed by atoms with van der Waals surface area (Å²) in [6, 6.07) is 6.50. The van der Waals surface area contributed by atoms with Crippen LogP contribution in [0.2, 0.25) is 4.82 Å². The van der Waals surface area contributed by atoms with Gasteiger partial charge >= 0.3 is 113 Å². The number of hydrogen-bond acceptors (Lipinski definition) is 0. The van der Waals surface area contributed by atoms with Crippen LogP contribution in [0.3, 0.4) is 0 Å². The van der Waals surface area contributed by atoms with Gasteiger partial charge in [-0.3, -0.25) is 0 Å². The van der Waals surface area contributed by atoms with Crippen LogP contribution in [0.25, 0.3) is 0 Å². The summed E-state index contributed by atoms with van der Waals surface area (Å²) in [4.78, 5) is 0.634. The Labute approximate surface area is 113 Å². The second kappa shape index (κ2) is 3.91. The van der Waals surface area contributed by atoms with E-state index in [9.17, 15) is 0 Å². The molecule has 1 heteroatoms. The Kier molecular flexibility index (Phi) is 2.93. The molecular weight excluding hydrogens is 271 g/mol. The van der Waals surface area contributed by atoms with Crippen LogP contribution in [0.5, 0.6) is 0 Å². The summed E-state index contributed by atoms with van der Waals surface area (Å²) >= 11 is 2.86. The van der Waals surface area contributed by atoms with Crippen LogP contribution < -0.4 is 0 Å². The summed E-state index contributed by atoms with van der Waals surface area (Å²) in [5, 5.41) is 0. The van der Waals surface area contributed by atoms with Gasteiger partial charge in [-0.2, -0.15) is 0 Å². The van der Waals surface area contributed by atoms with Crippen LogP contribution in [0, 0.1) is 12.3 Å². The van der Waals surface area contributed by atoms with E-state index in [2.05, 4.69) is 67.8 Å². The standard InChI is InChI=1S/C16H20Se/c1-6-11-7-8-12-13(9-11)15(2,3)10-14(17)16(12,4)5/h1,7-9,14,17H,10H2,2-5H3. The van der Waals surface area contributed by atoms with Gasteiger partial charge < -0.3 is 0 Å². The Morgan fingerprint density at radius 3 is 2.47 bits per heavy atom. The molecule has 1 unspecified atom stereocenters. The molecule has 90 valence electrons. The van der Waals surface area contributed by atoms with Crippen LogP contribution in [0.4, 0.5) is 0 Å². The second-order valence-electron chi connectivity index (χ2n) is 6.23. The molecule has 0 heterocycles. The monoisotopic (exact) mass is 292 g/mol. The Morgan fingerprint density at radius 2 is 1.88 bits per heavy atom. The summed E-state index contributed by atoms with van der Waals surface area (Å²) in [7, 11) is 0. The Balaban J connectivity index is 2.69. The Morgan fingerprint density at radius 1 is 1.24 bits per heavy atom. The molecule has 0 amide bonds. The first-order chi connectivity index (χ1) is 7.79. The molecule has 0 saturated carbocycles. The van der Waals surface area contributed by atoms with Crippen LogP contribution in [0.15, 0.2) is 18.2 Å². The second-order valence-corrected chi connectivity index (χ2v) is 7.54. The van der Waals surface area contributed by atoms with E-state index in [0.717, 1.165) is 5.56 Å². The fourth-order valence-corrected chi connectivity index (χ4v) is 4.03. The van der Waals surface area contributed by atoms with Gasteiger partial charge in [0.15, 0.2) is 0 Å². The van der Waals surface area contributed by atoms with Crippen molar-refractivity contribution >= 4 is 16.0 Å². The molecule has 2 rings (SSSR count). The predicted molar refractivity (Wildman–Crippen MR) is 75.9 cm³/mol. The zero-order valence-corrected chi connectivity index (χ0v) is 12.9. The van der Waals surface area contributed by atoms with Gasteiger partial charge in [0.2, 0.25) is 0 Å². The molecule has 0 radical (unpaired) electrons. The topological polar surface area (TPSA) is 0 Å². The molecule has 1 aliphatic carbocycles. The third kappa shape index (κ3) is 1.95. The van der Waals surface area contributed by atoms with Gasteiger partial charge in [0.25, 0.3) is 0 Å². The fraction of sp³-hybridized carbons (Fsp3) is 0.500. The van der Waals surface area contributed by atoms with Crippen LogP contribution in [-0.4, -0.2) is 16.0 Å². The van der Waals surface area contributed by atoms with Crippen molar-refractivity contribution in [2.24, 2.45) is 0 Å². The Hall–Kier alpha value is -0.701. The molecule has 0 aliphatic heterocycles. The molecule has 0 aromatic heterocycles. The number of rotatable bonds is 0.